The molecule has 4 heteroatoms. The Kier molecular flexibility index (Phi) is 3.25. The maximum absolute atomic E-state index is 9.29. The number of nitrogens with zero attached hydrogens (tertiary/aromatic N) is 2. The Morgan fingerprint density at radius 2 is 2.00 bits per heavy atom. The van der Waals surface area contributed by atoms with Gasteiger partial charge in [0.1, 0.15) is 6.07 Å². The first-order valence-corrected chi connectivity index (χ1v) is 6.88. The van der Waals surface area contributed by atoms with E-state index in [-0.39, 0.29) is 0 Å². The van der Waals surface area contributed by atoms with E-state index in [0.717, 1.165) is 30.9 Å². The summed E-state index contributed by atoms with van der Waals surface area (Å²) in [7, 11) is 0. The van der Waals surface area contributed by atoms with Crippen molar-refractivity contribution in [3.63, 3.8) is 0 Å². The number of fused-ring (bicyclic) bond motifs is 1. The van der Waals surface area contributed by atoms with Gasteiger partial charge in [0.25, 0.3) is 0 Å². The van der Waals surface area contributed by atoms with Gasteiger partial charge in [-0.1, -0.05) is 29.8 Å². The second-order valence-electron chi connectivity index (χ2n) is 4.90. The Morgan fingerprint density at radius 3 is 2.80 bits per heavy atom. The standard InChI is InChI=1S/C16H14ClN3/c17-14-4-2-6-16(13(14)9-18)20-8-7-12-11(10-20)3-1-5-15(12)19/h1-6H,7-8,10,19H2. The summed E-state index contributed by atoms with van der Waals surface area (Å²) in [6, 6.07) is 13.8. The second-order valence-corrected chi connectivity index (χ2v) is 5.31. The van der Waals surface area contributed by atoms with Crippen molar-refractivity contribution in [2.75, 3.05) is 17.2 Å². The monoisotopic (exact) mass is 283 g/mol. The summed E-state index contributed by atoms with van der Waals surface area (Å²) in [5, 5.41) is 9.79. The average Bonchev–Trinajstić information content (AvgIpc) is 2.47. The van der Waals surface area contributed by atoms with Crippen molar-refractivity contribution in [2.45, 2.75) is 13.0 Å². The number of nitriles is 1. The van der Waals surface area contributed by atoms with Crippen LogP contribution in [0.25, 0.3) is 0 Å². The number of rotatable bonds is 1. The van der Waals surface area contributed by atoms with Gasteiger partial charge in [-0.2, -0.15) is 5.26 Å². The van der Waals surface area contributed by atoms with Crippen molar-refractivity contribution in [1.82, 2.24) is 0 Å². The molecule has 0 bridgehead atoms. The molecule has 0 saturated heterocycles. The van der Waals surface area contributed by atoms with Crippen LogP contribution in [-0.4, -0.2) is 6.54 Å². The molecule has 20 heavy (non-hydrogen) atoms. The van der Waals surface area contributed by atoms with Crippen LogP contribution in [0.2, 0.25) is 5.02 Å². The average molecular weight is 284 g/mol. The van der Waals surface area contributed by atoms with E-state index in [4.69, 9.17) is 17.3 Å². The van der Waals surface area contributed by atoms with Gasteiger partial charge in [-0.15, -0.1) is 0 Å². The topological polar surface area (TPSA) is 53.0 Å². The van der Waals surface area contributed by atoms with E-state index in [9.17, 15) is 5.26 Å². The number of hydrogen-bond donors (Lipinski definition) is 1. The molecule has 3 nitrogen and oxygen atoms in total. The number of anilines is 2. The van der Waals surface area contributed by atoms with Crippen molar-refractivity contribution >= 4 is 23.0 Å². The molecule has 0 saturated carbocycles. The normalized spacial score (nSPS) is 13.7. The Hall–Kier alpha value is -2.18. The third kappa shape index (κ3) is 2.09. The molecule has 0 aliphatic carbocycles. The number of halogens is 1. The van der Waals surface area contributed by atoms with E-state index in [1.54, 1.807) is 6.07 Å². The van der Waals surface area contributed by atoms with Gasteiger partial charge < -0.3 is 10.6 Å². The lowest BCUT2D eigenvalue weighted by Gasteiger charge is -2.32. The van der Waals surface area contributed by atoms with Crippen molar-refractivity contribution < 1.29 is 0 Å². The Balaban J connectivity index is 1.99. The maximum atomic E-state index is 9.29. The first kappa shape index (κ1) is 12.8. The van der Waals surface area contributed by atoms with Crippen LogP contribution >= 0.6 is 11.6 Å². The minimum Gasteiger partial charge on any atom is -0.398 e. The summed E-state index contributed by atoms with van der Waals surface area (Å²) in [5.41, 5.74) is 10.8. The number of benzene rings is 2. The summed E-state index contributed by atoms with van der Waals surface area (Å²) in [6.45, 7) is 1.60. The predicted octanol–water partition coefficient (Wildman–Crippen LogP) is 3.36. The molecule has 2 aromatic rings. The maximum Gasteiger partial charge on any atom is 0.103 e. The first-order chi connectivity index (χ1) is 9.70. The highest BCUT2D eigenvalue weighted by Crippen LogP contribution is 2.32. The van der Waals surface area contributed by atoms with Crippen LogP contribution in [0.15, 0.2) is 36.4 Å². The summed E-state index contributed by atoms with van der Waals surface area (Å²) in [4.78, 5) is 2.19. The number of hydrogen-bond acceptors (Lipinski definition) is 3. The van der Waals surface area contributed by atoms with E-state index in [2.05, 4.69) is 17.0 Å². The number of nitrogen functional groups attached to an aromatic ring is 1. The van der Waals surface area contributed by atoms with Crippen molar-refractivity contribution in [1.29, 1.82) is 5.26 Å². The molecule has 0 aromatic heterocycles. The molecule has 0 amide bonds. The highest BCUT2D eigenvalue weighted by molar-refractivity contribution is 6.32. The van der Waals surface area contributed by atoms with Crippen molar-refractivity contribution in [3.05, 3.63) is 58.1 Å². The molecular formula is C16H14ClN3. The molecule has 0 unspecified atom stereocenters. The Bertz CT molecular complexity index is 703. The molecule has 1 aliphatic rings. The van der Waals surface area contributed by atoms with Crippen molar-refractivity contribution in [2.24, 2.45) is 0 Å². The molecule has 0 spiro atoms. The molecule has 0 atom stereocenters. The van der Waals surface area contributed by atoms with Gasteiger partial charge in [0.05, 0.1) is 16.3 Å². The van der Waals surface area contributed by atoms with Crippen LogP contribution in [0, 0.1) is 11.3 Å². The van der Waals surface area contributed by atoms with E-state index in [1.807, 2.05) is 24.3 Å². The lowest BCUT2D eigenvalue weighted by atomic mass is 9.97. The smallest absolute Gasteiger partial charge is 0.103 e. The quantitative estimate of drug-likeness (QED) is 0.817. The molecule has 1 aliphatic heterocycles. The van der Waals surface area contributed by atoms with E-state index in [1.165, 1.54) is 11.1 Å². The fourth-order valence-electron chi connectivity index (χ4n) is 2.73. The van der Waals surface area contributed by atoms with E-state index in [0.29, 0.717) is 10.6 Å². The van der Waals surface area contributed by atoms with Gasteiger partial charge in [-0.25, -0.2) is 0 Å². The van der Waals surface area contributed by atoms with Crippen LogP contribution in [0.5, 0.6) is 0 Å². The lowest BCUT2D eigenvalue weighted by Crippen LogP contribution is -2.31. The van der Waals surface area contributed by atoms with Gasteiger partial charge in [0, 0.05) is 18.8 Å². The molecule has 1 heterocycles. The zero-order chi connectivity index (χ0) is 14.1. The van der Waals surface area contributed by atoms with E-state index < -0.39 is 0 Å². The van der Waals surface area contributed by atoms with Crippen LogP contribution in [0.3, 0.4) is 0 Å². The van der Waals surface area contributed by atoms with Crippen LogP contribution in [0.1, 0.15) is 16.7 Å². The highest BCUT2D eigenvalue weighted by Gasteiger charge is 2.20. The van der Waals surface area contributed by atoms with Gasteiger partial charge in [0.15, 0.2) is 0 Å². The fourth-order valence-corrected chi connectivity index (χ4v) is 2.94. The molecule has 0 fully saturated rings. The summed E-state index contributed by atoms with van der Waals surface area (Å²) in [6.07, 6.45) is 0.888. The fraction of sp³-hybridized carbons (Fsp3) is 0.188. The van der Waals surface area contributed by atoms with Gasteiger partial charge in [-0.3, -0.25) is 0 Å². The van der Waals surface area contributed by atoms with Gasteiger partial charge in [0.2, 0.25) is 0 Å². The molecule has 100 valence electrons. The molecule has 2 aromatic carbocycles. The summed E-state index contributed by atoms with van der Waals surface area (Å²) in [5.74, 6) is 0. The second kappa shape index (κ2) is 5.07. The third-order valence-electron chi connectivity index (χ3n) is 3.75. The number of nitrogens with two attached hydrogens (primary N) is 1. The Morgan fingerprint density at radius 1 is 1.20 bits per heavy atom. The highest BCUT2D eigenvalue weighted by atomic mass is 35.5. The predicted molar refractivity (Wildman–Crippen MR) is 81.8 cm³/mol. The van der Waals surface area contributed by atoms with Gasteiger partial charge >= 0.3 is 0 Å². The van der Waals surface area contributed by atoms with Crippen LogP contribution < -0.4 is 10.6 Å². The van der Waals surface area contributed by atoms with Crippen molar-refractivity contribution in [3.8, 4) is 6.07 Å². The summed E-state index contributed by atoms with van der Waals surface area (Å²) >= 11 is 6.11. The van der Waals surface area contributed by atoms with Crippen LogP contribution in [-0.2, 0) is 13.0 Å². The van der Waals surface area contributed by atoms with Gasteiger partial charge in [-0.05, 0) is 35.7 Å². The Labute approximate surface area is 123 Å². The largest absolute Gasteiger partial charge is 0.398 e. The molecule has 3 rings (SSSR count). The minimum absolute atomic E-state index is 0.503. The minimum atomic E-state index is 0.503. The van der Waals surface area contributed by atoms with E-state index >= 15 is 0 Å². The first-order valence-electron chi connectivity index (χ1n) is 6.50. The zero-order valence-electron chi connectivity index (χ0n) is 10.9. The molecule has 0 radical (unpaired) electrons. The van der Waals surface area contributed by atoms with Crippen LogP contribution in [0.4, 0.5) is 11.4 Å². The SMILES string of the molecule is N#Cc1c(Cl)cccc1N1CCc2c(N)cccc2C1. The lowest BCUT2D eigenvalue weighted by molar-refractivity contribution is 0.732. The summed E-state index contributed by atoms with van der Waals surface area (Å²) < 4.78 is 0. The third-order valence-corrected chi connectivity index (χ3v) is 4.06. The molecular weight excluding hydrogens is 270 g/mol. The zero-order valence-corrected chi connectivity index (χ0v) is 11.7. The molecule has 2 N–H and O–H groups in total.